The molecule has 9 heteroatoms. The van der Waals surface area contributed by atoms with E-state index in [4.69, 9.17) is 0 Å². The Morgan fingerprint density at radius 1 is 1.17 bits per heavy atom. The molecule has 0 aliphatic rings. The van der Waals surface area contributed by atoms with Gasteiger partial charge in [0.25, 0.3) is 5.91 Å². The number of hydrogen-bond acceptors (Lipinski definition) is 4. The minimum absolute atomic E-state index is 0. The first-order valence-electron chi connectivity index (χ1n) is 7.00. The van der Waals surface area contributed by atoms with Crippen molar-refractivity contribution in [3.05, 3.63) is 48.2 Å². The molecule has 0 saturated heterocycles. The van der Waals surface area contributed by atoms with E-state index in [1.54, 1.807) is 31.4 Å². The van der Waals surface area contributed by atoms with Crippen molar-refractivity contribution in [2.45, 2.75) is 12.5 Å². The molecule has 1 aromatic carbocycles. The van der Waals surface area contributed by atoms with Crippen LogP contribution in [-0.2, 0) is 9.59 Å². The first kappa shape index (κ1) is 21.9. The third-order valence-corrected chi connectivity index (χ3v) is 3.06. The monoisotopic (exact) mass is 373 g/mol. The lowest BCUT2D eigenvalue weighted by Gasteiger charge is -2.18. The van der Waals surface area contributed by atoms with E-state index in [0.29, 0.717) is 18.8 Å². The number of benzene rings is 1. The zero-order valence-corrected chi connectivity index (χ0v) is 14.7. The average molecular weight is 374 g/mol. The predicted molar refractivity (Wildman–Crippen MR) is 97.6 cm³/mol. The van der Waals surface area contributed by atoms with Gasteiger partial charge in [0.1, 0.15) is 11.9 Å². The number of carbonyl (C=O) groups is 2. The van der Waals surface area contributed by atoms with Crippen LogP contribution in [0.15, 0.2) is 42.6 Å². The van der Waals surface area contributed by atoms with Gasteiger partial charge in [0.2, 0.25) is 5.91 Å². The number of anilines is 1. The molecule has 1 aromatic heterocycles. The number of nitrogens with zero attached hydrogens (tertiary/aromatic N) is 1. The average Bonchev–Trinajstić information content (AvgIpc) is 3.04. The maximum Gasteiger partial charge on any atom is 0.252 e. The molecule has 1 atom stereocenters. The van der Waals surface area contributed by atoms with Crippen LogP contribution >= 0.6 is 24.8 Å². The van der Waals surface area contributed by atoms with Crippen molar-refractivity contribution < 1.29 is 9.59 Å². The summed E-state index contributed by atoms with van der Waals surface area (Å²) in [7, 11) is 1.77. The highest BCUT2D eigenvalue weighted by molar-refractivity contribution is 5.97. The number of carbonyl (C=O) groups excluding carboxylic acids is 2. The van der Waals surface area contributed by atoms with Crippen molar-refractivity contribution >= 4 is 42.4 Å². The largest absolute Gasteiger partial charge is 0.340 e. The van der Waals surface area contributed by atoms with Crippen LogP contribution < -0.4 is 16.0 Å². The highest BCUT2D eigenvalue weighted by Gasteiger charge is 2.22. The quantitative estimate of drug-likeness (QED) is 0.592. The van der Waals surface area contributed by atoms with E-state index in [-0.39, 0.29) is 36.6 Å². The SMILES string of the molecule is CNCCC(=O)NC(C(=O)Nc1ccn[nH]1)c1ccccc1.Cl.Cl. The molecular formula is C15H21Cl2N5O2. The Labute approximate surface area is 152 Å². The summed E-state index contributed by atoms with van der Waals surface area (Å²) < 4.78 is 0. The molecule has 24 heavy (non-hydrogen) atoms. The predicted octanol–water partition coefficient (Wildman–Crippen LogP) is 1.66. The Morgan fingerprint density at radius 3 is 2.46 bits per heavy atom. The molecule has 7 nitrogen and oxygen atoms in total. The van der Waals surface area contributed by atoms with Crippen LogP contribution in [-0.4, -0.2) is 35.6 Å². The van der Waals surface area contributed by atoms with Crippen molar-refractivity contribution in [2.24, 2.45) is 0 Å². The summed E-state index contributed by atoms with van der Waals surface area (Å²) in [6, 6.07) is 10.00. The highest BCUT2D eigenvalue weighted by atomic mass is 35.5. The lowest BCUT2D eigenvalue weighted by atomic mass is 10.1. The molecule has 4 N–H and O–H groups in total. The summed E-state index contributed by atoms with van der Waals surface area (Å²) in [6.45, 7) is 0.551. The van der Waals surface area contributed by atoms with Gasteiger partial charge < -0.3 is 16.0 Å². The molecule has 132 valence electrons. The summed E-state index contributed by atoms with van der Waals surface area (Å²) in [5.74, 6) is -0.0355. The minimum Gasteiger partial charge on any atom is -0.340 e. The first-order chi connectivity index (χ1) is 10.7. The molecule has 0 aliphatic heterocycles. The maximum absolute atomic E-state index is 12.4. The van der Waals surface area contributed by atoms with Crippen molar-refractivity contribution in [1.82, 2.24) is 20.8 Å². The lowest BCUT2D eigenvalue weighted by molar-refractivity contribution is -0.126. The Morgan fingerprint density at radius 2 is 1.88 bits per heavy atom. The fraction of sp³-hybridized carbons (Fsp3) is 0.267. The Bertz CT molecular complexity index is 608. The normalized spacial score (nSPS) is 10.7. The summed E-state index contributed by atoms with van der Waals surface area (Å²) in [5, 5.41) is 14.8. The summed E-state index contributed by atoms with van der Waals surface area (Å²) in [4.78, 5) is 24.4. The van der Waals surface area contributed by atoms with Gasteiger partial charge in [-0.15, -0.1) is 24.8 Å². The molecular weight excluding hydrogens is 353 g/mol. The standard InChI is InChI=1S/C15H19N5O2.2ClH/c1-16-9-8-13(21)19-14(11-5-3-2-4-6-11)15(22)18-12-7-10-17-20-12;;/h2-7,10,14,16H,8-9H2,1H3,(H,19,21)(H2,17,18,20,22);2*1H. The number of H-pyrrole nitrogens is 1. The number of nitrogens with one attached hydrogen (secondary N) is 4. The van der Waals surface area contributed by atoms with Gasteiger partial charge in [0.15, 0.2) is 0 Å². The van der Waals surface area contributed by atoms with Crippen molar-refractivity contribution in [3.63, 3.8) is 0 Å². The number of rotatable bonds is 7. The Hall–Kier alpha value is -2.09. The van der Waals surface area contributed by atoms with E-state index < -0.39 is 6.04 Å². The number of aromatic nitrogens is 2. The topological polar surface area (TPSA) is 98.9 Å². The van der Waals surface area contributed by atoms with Crippen LogP contribution in [0.4, 0.5) is 5.82 Å². The van der Waals surface area contributed by atoms with Gasteiger partial charge in [-0.1, -0.05) is 30.3 Å². The number of hydrogen-bond donors (Lipinski definition) is 4. The zero-order chi connectivity index (χ0) is 15.8. The molecule has 0 spiro atoms. The maximum atomic E-state index is 12.4. The van der Waals surface area contributed by atoms with E-state index >= 15 is 0 Å². The molecule has 2 amide bonds. The van der Waals surface area contributed by atoms with Gasteiger partial charge in [0.05, 0.1) is 6.20 Å². The molecule has 0 saturated carbocycles. The van der Waals surface area contributed by atoms with Crippen LogP contribution in [0.3, 0.4) is 0 Å². The highest BCUT2D eigenvalue weighted by Crippen LogP contribution is 2.15. The van der Waals surface area contributed by atoms with Crippen molar-refractivity contribution in [1.29, 1.82) is 0 Å². The summed E-state index contributed by atoms with van der Waals surface area (Å²) in [5.41, 5.74) is 0.720. The molecule has 1 unspecified atom stereocenters. The number of aromatic amines is 1. The van der Waals surface area contributed by atoms with Crippen LogP contribution in [0.2, 0.25) is 0 Å². The molecule has 2 rings (SSSR count). The van der Waals surface area contributed by atoms with Crippen LogP contribution in [0, 0.1) is 0 Å². The van der Waals surface area contributed by atoms with E-state index in [0.717, 1.165) is 5.56 Å². The number of halogens is 2. The number of amides is 2. The second-order valence-electron chi connectivity index (χ2n) is 4.72. The first-order valence-corrected chi connectivity index (χ1v) is 7.00. The van der Waals surface area contributed by atoms with E-state index in [1.165, 1.54) is 0 Å². The van der Waals surface area contributed by atoms with Gasteiger partial charge in [-0.25, -0.2) is 0 Å². The van der Waals surface area contributed by atoms with Gasteiger partial charge in [-0.05, 0) is 12.6 Å². The fourth-order valence-corrected chi connectivity index (χ4v) is 1.95. The van der Waals surface area contributed by atoms with Gasteiger partial charge >= 0.3 is 0 Å². The van der Waals surface area contributed by atoms with E-state index in [9.17, 15) is 9.59 Å². The third-order valence-electron chi connectivity index (χ3n) is 3.06. The second-order valence-corrected chi connectivity index (χ2v) is 4.72. The third kappa shape index (κ3) is 6.57. The second kappa shape index (κ2) is 11.4. The molecule has 0 radical (unpaired) electrons. The van der Waals surface area contributed by atoms with Gasteiger partial charge in [-0.3, -0.25) is 14.7 Å². The summed E-state index contributed by atoms with van der Waals surface area (Å²) in [6.07, 6.45) is 1.84. The summed E-state index contributed by atoms with van der Waals surface area (Å²) >= 11 is 0. The smallest absolute Gasteiger partial charge is 0.252 e. The van der Waals surface area contributed by atoms with E-state index in [1.807, 2.05) is 18.2 Å². The molecule has 1 heterocycles. The minimum atomic E-state index is -0.756. The Kier molecular flexibility index (Phi) is 10.4. The fourth-order valence-electron chi connectivity index (χ4n) is 1.95. The lowest BCUT2D eigenvalue weighted by Crippen LogP contribution is -2.37. The van der Waals surface area contributed by atoms with Crippen LogP contribution in [0.1, 0.15) is 18.0 Å². The van der Waals surface area contributed by atoms with Crippen LogP contribution in [0.25, 0.3) is 0 Å². The Balaban J connectivity index is 0.00000264. The molecule has 0 bridgehead atoms. The molecule has 0 aliphatic carbocycles. The molecule has 0 fully saturated rings. The van der Waals surface area contributed by atoms with Gasteiger partial charge in [0, 0.05) is 19.0 Å². The van der Waals surface area contributed by atoms with Crippen molar-refractivity contribution in [2.75, 3.05) is 18.9 Å². The van der Waals surface area contributed by atoms with E-state index in [2.05, 4.69) is 26.1 Å². The van der Waals surface area contributed by atoms with Gasteiger partial charge in [-0.2, -0.15) is 5.10 Å². The molecule has 2 aromatic rings. The zero-order valence-electron chi connectivity index (χ0n) is 13.1. The van der Waals surface area contributed by atoms with Crippen molar-refractivity contribution in [3.8, 4) is 0 Å². The van der Waals surface area contributed by atoms with Crippen LogP contribution in [0.5, 0.6) is 0 Å².